The lowest BCUT2D eigenvalue weighted by Gasteiger charge is -2.37. The Hall–Kier alpha value is -3.22. The standard InChI is InChI=1S/C23H29N5O2/c1-15(2)30-21-5-4-10-25-22(21)27(3)17-8-11-28(12-9-17)23(29)19-14-26-20-7-6-16(24)13-18(19)20/h4-7,10,13-15,17,26H,8-9,11-12,24H2,1-3H3. The summed E-state index contributed by atoms with van der Waals surface area (Å²) in [4.78, 5) is 25.0. The maximum absolute atomic E-state index is 13.1. The fourth-order valence-corrected chi connectivity index (χ4v) is 4.11. The number of nitrogens with two attached hydrogens (primary N) is 1. The van der Waals surface area contributed by atoms with Crippen LogP contribution in [0.15, 0.2) is 42.7 Å². The highest BCUT2D eigenvalue weighted by Crippen LogP contribution is 2.30. The molecule has 1 saturated heterocycles. The molecular weight excluding hydrogens is 378 g/mol. The molecule has 0 aliphatic carbocycles. The van der Waals surface area contributed by atoms with E-state index >= 15 is 0 Å². The lowest BCUT2D eigenvalue weighted by molar-refractivity contribution is 0.0715. The number of pyridine rings is 1. The van der Waals surface area contributed by atoms with Crippen LogP contribution in [0.2, 0.25) is 0 Å². The number of piperidine rings is 1. The van der Waals surface area contributed by atoms with Gasteiger partial charge in [0.15, 0.2) is 11.6 Å². The third kappa shape index (κ3) is 3.92. The van der Waals surface area contributed by atoms with Gasteiger partial charge in [0.05, 0.1) is 11.7 Å². The summed E-state index contributed by atoms with van der Waals surface area (Å²) in [6.07, 6.45) is 5.43. The van der Waals surface area contributed by atoms with E-state index in [4.69, 9.17) is 10.5 Å². The molecule has 30 heavy (non-hydrogen) atoms. The Labute approximate surface area is 176 Å². The first-order valence-electron chi connectivity index (χ1n) is 10.4. The van der Waals surface area contributed by atoms with Crippen LogP contribution in [0.25, 0.3) is 10.9 Å². The summed E-state index contributed by atoms with van der Waals surface area (Å²) in [6, 6.07) is 9.76. The molecule has 0 bridgehead atoms. The molecule has 3 aromatic rings. The molecule has 1 aliphatic rings. The van der Waals surface area contributed by atoms with Crippen molar-refractivity contribution in [1.82, 2.24) is 14.9 Å². The number of ether oxygens (including phenoxy) is 1. The fraction of sp³-hybridized carbons (Fsp3) is 0.391. The van der Waals surface area contributed by atoms with Gasteiger partial charge >= 0.3 is 0 Å². The van der Waals surface area contributed by atoms with Crippen LogP contribution in [-0.2, 0) is 0 Å². The summed E-state index contributed by atoms with van der Waals surface area (Å²) in [5.41, 5.74) is 8.19. The number of amides is 1. The highest BCUT2D eigenvalue weighted by Gasteiger charge is 2.28. The maximum Gasteiger partial charge on any atom is 0.256 e. The van der Waals surface area contributed by atoms with E-state index in [1.165, 1.54) is 0 Å². The molecule has 1 aliphatic heterocycles. The molecule has 3 N–H and O–H groups in total. The van der Waals surface area contributed by atoms with E-state index in [0.717, 1.165) is 35.3 Å². The van der Waals surface area contributed by atoms with Crippen LogP contribution in [0.1, 0.15) is 37.0 Å². The van der Waals surface area contributed by atoms with E-state index in [-0.39, 0.29) is 12.0 Å². The summed E-state index contributed by atoms with van der Waals surface area (Å²) < 4.78 is 5.93. The maximum atomic E-state index is 13.1. The Morgan fingerprint density at radius 3 is 2.80 bits per heavy atom. The predicted molar refractivity (Wildman–Crippen MR) is 120 cm³/mol. The molecule has 1 amide bonds. The van der Waals surface area contributed by atoms with Crippen molar-refractivity contribution in [3.05, 3.63) is 48.3 Å². The number of rotatable bonds is 5. The lowest BCUT2D eigenvalue weighted by Crippen LogP contribution is -2.46. The predicted octanol–water partition coefficient (Wildman–Crippen LogP) is 3.67. The van der Waals surface area contributed by atoms with E-state index in [1.54, 1.807) is 12.4 Å². The van der Waals surface area contributed by atoms with Gasteiger partial charge in [-0.15, -0.1) is 0 Å². The highest BCUT2D eigenvalue weighted by atomic mass is 16.5. The van der Waals surface area contributed by atoms with Crippen molar-refractivity contribution in [2.45, 2.75) is 38.8 Å². The fourth-order valence-electron chi connectivity index (χ4n) is 4.11. The largest absolute Gasteiger partial charge is 0.487 e. The van der Waals surface area contributed by atoms with Crippen molar-refractivity contribution in [2.24, 2.45) is 0 Å². The van der Waals surface area contributed by atoms with Crippen molar-refractivity contribution < 1.29 is 9.53 Å². The molecule has 0 atom stereocenters. The van der Waals surface area contributed by atoms with Crippen LogP contribution < -0.4 is 15.4 Å². The van der Waals surface area contributed by atoms with Crippen molar-refractivity contribution in [1.29, 1.82) is 0 Å². The third-order valence-electron chi connectivity index (χ3n) is 5.68. The molecule has 3 heterocycles. The Bertz CT molecular complexity index is 1040. The number of likely N-dealkylation sites (tertiary alicyclic amines) is 1. The van der Waals surface area contributed by atoms with Gasteiger partial charge < -0.3 is 25.3 Å². The van der Waals surface area contributed by atoms with Crippen molar-refractivity contribution >= 4 is 28.3 Å². The lowest BCUT2D eigenvalue weighted by atomic mass is 10.0. The van der Waals surface area contributed by atoms with E-state index in [2.05, 4.69) is 21.9 Å². The van der Waals surface area contributed by atoms with Gasteiger partial charge in [-0.25, -0.2) is 4.98 Å². The smallest absolute Gasteiger partial charge is 0.256 e. The molecule has 158 valence electrons. The number of carbonyl (C=O) groups is 1. The Morgan fingerprint density at radius 2 is 2.07 bits per heavy atom. The average Bonchev–Trinajstić information content (AvgIpc) is 3.16. The number of fused-ring (bicyclic) bond motifs is 1. The van der Waals surface area contributed by atoms with Crippen LogP contribution in [-0.4, -0.2) is 53.1 Å². The SMILES string of the molecule is CC(C)Oc1cccnc1N(C)C1CCN(C(=O)c2c[nH]c3ccc(N)cc23)CC1. The van der Waals surface area contributed by atoms with Crippen molar-refractivity contribution in [3.8, 4) is 5.75 Å². The summed E-state index contributed by atoms with van der Waals surface area (Å²) in [6.45, 7) is 5.44. The highest BCUT2D eigenvalue weighted by molar-refractivity contribution is 6.07. The van der Waals surface area contributed by atoms with E-state index in [0.29, 0.717) is 30.4 Å². The summed E-state index contributed by atoms with van der Waals surface area (Å²) in [5.74, 6) is 1.70. The van der Waals surface area contributed by atoms with Gasteiger partial charge in [0.25, 0.3) is 5.91 Å². The Morgan fingerprint density at radius 1 is 1.30 bits per heavy atom. The zero-order valence-electron chi connectivity index (χ0n) is 17.8. The first-order valence-corrected chi connectivity index (χ1v) is 10.4. The number of hydrogen-bond acceptors (Lipinski definition) is 5. The monoisotopic (exact) mass is 407 g/mol. The molecule has 7 nitrogen and oxygen atoms in total. The molecule has 0 radical (unpaired) electrons. The van der Waals surface area contributed by atoms with E-state index < -0.39 is 0 Å². The number of nitrogens with zero attached hydrogens (tertiary/aromatic N) is 3. The van der Waals surface area contributed by atoms with Crippen LogP contribution in [0, 0.1) is 0 Å². The van der Waals surface area contributed by atoms with Gasteiger partial charge in [-0.05, 0) is 57.0 Å². The molecule has 7 heteroatoms. The van der Waals surface area contributed by atoms with Gasteiger partial charge in [0.2, 0.25) is 0 Å². The minimum absolute atomic E-state index is 0.0506. The number of nitrogen functional groups attached to an aromatic ring is 1. The number of nitrogens with one attached hydrogen (secondary N) is 1. The molecule has 0 saturated carbocycles. The minimum atomic E-state index is 0.0506. The van der Waals surface area contributed by atoms with Crippen LogP contribution in [0.5, 0.6) is 5.75 Å². The number of carbonyl (C=O) groups excluding carboxylic acids is 1. The second kappa shape index (κ2) is 8.26. The Kier molecular flexibility index (Phi) is 5.53. The van der Waals surface area contributed by atoms with Gasteiger partial charge in [-0.2, -0.15) is 0 Å². The summed E-state index contributed by atoms with van der Waals surface area (Å²) >= 11 is 0. The van der Waals surface area contributed by atoms with Gasteiger partial charge in [-0.1, -0.05) is 0 Å². The summed E-state index contributed by atoms with van der Waals surface area (Å²) in [5, 5.41) is 0.878. The van der Waals surface area contributed by atoms with Crippen LogP contribution in [0.3, 0.4) is 0 Å². The van der Waals surface area contributed by atoms with Crippen molar-refractivity contribution in [2.75, 3.05) is 30.8 Å². The quantitative estimate of drug-likeness (QED) is 0.630. The second-order valence-electron chi connectivity index (χ2n) is 8.13. The number of benzene rings is 1. The number of aromatic amines is 1. The second-order valence-corrected chi connectivity index (χ2v) is 8.13. The molecule has 1 aromatic carbocycles. The zero-order valence-corrected chi connectivity index (χ0v) is 17.8. The third-order valence-corrected chi connectivity index (χ3v) is 5.68. The van der Waals surface area contributed by atoms with Crippen LogP contribution in [0.4, 0.5) is 11.5 Å². The number of aromatic nitrogens is 2. The van der Waals surface area contributed by atoms with Crippen molar-refractivity contribution in [3.63, 3.8) is 0 Å². The zero-order chi connectivity index (χ0) is 21.3. The van der Waals surface area contributed by atoms with Gasteiger partial charge in [0.1, 0.15) is 0 Å². The topological polar surface area (TPSA) is 87.5 Å². The first kappa shape index (κ1) is 20.1. The molecule has 1 fully saturated rings. The number of hydrogen-bond donors (Lipinski definition) is 2. The van der Waals surface area contributed by atoms with Gasteiger partial charge in [0, 0.05) is 55.2 Å². The van der Waals surface area contributed by atoms with Gasteiger partial charge in [-0.3, -0.25) is 4.79 Å². The normalized spacial score (nSPS) is 15.0. The Balaban J connectivity index is 1.45. The number of H-pyrrole nitrogens is 1. The molecule has 2 aromatic heterocycles. The van der Waals surface area contributed by atoms with Crippen LogP contribution >= 0.6 is 0 Å². The molecule has 4 rings (SSSR count). The first-order chi connectivity index (χ1) is 14.4. The molecule has 0 unspecified atom stereocenters. The molecule has 0 spiro atoms. The molecular formula is C23H29N5O2. The van der Waals surface area contributed by atoms with E-state index in [1.807, 2.05) is 49.1 Å². The number of anilines is 2. The average molecular weight is 408 g/mol. The minimum Gasteiger partial charge on any atom is -0.487 e. The summed E-state index contributed by atoms with van der Waals surface area (Å²) in [7, 11) is 2.06. The van der Waals surface area contributed by atoms with E-state index in [9.17, 15) is 4.79 Å².